The first-order valence-corrected chi connectivity index (χ1v) is 9.25. The first-order chi connectivity index (χ1) is 14.0. The fraction of sp³-hybridized carbons (Fsp3) is 0.0909. The van der Waals surface area contributed by atoms with E-state index in [0.717, 1.165) is 5.56 Å². The third-order valence-electron chi connectivity index (χ3n) is 4.47. The van der Waals surface area contributed by atoms with Gasteiger partial charge in [-0.3, -0.25) is 0 Å². The van der Waals surface area contributed by atoms with Gasteiger partial charge in [-0.25, -0.2) is 8.78 Å². The van der Waals surface area contributed by atoms with Crippen molar-refractivity contribution in [3.05, 3.63) is 100 Å². The van der Waals surface area contributed by atoms with Crippen LogP contribution in [0.3, 0.4) is 0 Å². The number of aromatic nitrogens is 2. The van der Waals surface area contributed by atoms with Gasteiger partial charge in [0, 0.05) is 21.8 Å². The van der Waals surface area contributed by atoms with Gasteiger partial charge >= 0.3 is 0 Å². The van der Waals surface area contributed by atoms with Crippen molar-refractivity contribution in [1.82, 2.24) is 10.2 Å². The Morgan fingerprint density at radius 1 is 0.931 bits per heavy atom. The maximum atomic E-state index is 13.6. The smallest absolute Gasteiger partial charge is 0.247 e. The van der Waals surface area contributed by atoms with Crippen LogP contribution in [0.2, 0.25) is 5.02 Å². The van der Waals surface area contributed by atoms with Crippen molar-refractivity contribution in [2.75, 3.05) is 5.32 Å². The van der Waals surface area contributed by atoms with Gasteiger partial charge < -0.3 is 9.73 Å². The number of rotatable bonds is 5. The van der Waals surface area contributed by atoms with Gasteiger partial charge in [0.1, 0.15) is 17.7 Å². The summed E-state index contributed by atoms with van der Waals surface area (Å²) < 4.78 is 33.0. The van der Waals surface area contributed by atoms with E-state index in [2.05, 4.69) is 15.5 Å². The van der Waals surface area contributed by atoms with Gasteiger partial charge in [0.2, 0.25) is 11.8 Å². The molecule has 0 saturated heterocycles. The highest BCUT2D eigenvalue weighted by molar-refractivity contribution is 6.31. The fourth-order valence-corrected chi connectivity index (χ4v) is 3.28. The summed E-state index contributed by atoms with van der Waals surface area (Å²) in [5.74, 6) is -0.193. The second kappa shape index (κ2) is 8.01. The average Bonchev–Trinajstić information content (AvgIpc) is 3.19. The topological polar surface area (TPSA) is 51.0 Å². The summed E-state index contributed by atoms with van der Waals surface area (Å²) in [4.78, 5) is 0. The van der Waals surface area contributed by atoms with E-state index in [4.69, 9.17) is 16.0 Å². The number of nitrogens with one attached hydrogen (secondary N) is 1. The summed E-state index contributed by atoms with van der Waals surface area (Å²) in [5.41, 5.74) is 2.68. The molecule has 3 aromatic carbocycles. The quantitative estimate of drug-likeness (QED) is 0.426. The number of halogens is 3. The molecule has 0 saturated carbocycles. The molecule has 0 aliphatic rings. The number of aryl methyl sites for hydroxylation is 1. The van der Waals surface area contributed by atoms with E-state index in [1.165, 1.54) is 24.3 Å². The summed E-state index contributed by atoms with van der Waals surface area (Å²) in [6.07, 6.45) is 0. The molecule has 0 aliphatic heterocycles. The van der Waals surface area contributed by atoms with Crippen LogP contribution in [-0.4, -0.2) is 10.2 Å². The highest BCUT2D eigenvalue weighted by Gasteiger charge is 2.24. The highest BCUT2D eigenvalue weighted by atomic mass is 35.5. The van der Waals surface area contributed by atoms with Gasteiger partial charge in [0.05, 0.1) is 0 Å². The Bertz CT molecular complexity index is 1150. The average molecular weight is 412 g/mol. The van der Waals surface area contributed by atoms with Gasteiger partial charge in [-0.05, 0) is 55.0 Å². The molecule has 1 heterocycles. The maximum absolute atomic E-state index is 13.6. The molecule has 0 bridgehead atoms. The minimum atomic E-state index is -0.655. The summed E-state index contributed by atoms with van der Waals surface area (Å²) in [5, 5.41) is 11.8. The van der Waals surface area contributed by atoms with Crippen molar-refractivity contribution in [3.63, 3.8) is 0 Å². The van der Waals surface area contributed by atoms with Crippen LogP contribution in [0.1, 0.15) is 23.1 Å². The SMILES string of the molecule is Cc1cc(F)ccc1N[C@@H](c1nnc(-c2ccccc2)o1)c1ccc(F)cc1Cl. The molecule has 4 rings (SSSR count). The summed E-state index contributed by atoms with van der Waals surface area (Å²) >= 11 is 6.30. The number of hydrogen-bond acceptors (Lipinski definition) is 4. The molecule has 0 spiro atoms. The molecule has 1 aromatic heterocycles. The lowest BCUT2D eigenvalue weighted by molar-refractivity contribution is 0.493. The van der Waals surface area contributed by atoms with Crippen LogP contribution in [0.5, 0.6) is 0 Å². The Labute approximate surface area is 171 Å². The third-order valence-corrected chi connectivity index (χ3v) is 4.80. The van der Waals surface area contributed by atoms with E-state index >= 15 is 0 Å². The molecule has 146 valence electrons. The van der Waals surface area contributed by atoms with Gasteiger partial charge in [0.25, 0.3) is 0 Å². The monoisotopic (exact) mass is 411 g/mol. The number of nitrogens with zero attached hydrogens (tertiary/aromatic N) is 2. The Hall–Kier alpha value is -3.25. The van der Waals surface area contributed by atoms with Gasteiger partial charge in [-0.2, -0.15) is 0 Å². The molecule has 7 heteroatoms. The molecular weight excluding hydrogens is 396 g/mol. The van der Waals surface area contributed by atoms with Gasteiger partial charge in [-0.1, -0.05) is 35.9 Å². The van der Waals surface area contributed by atoms with Gasteiger partial charge in [-0.15, -0.1) is 10.2 Å². The number of hydrogen-bond donors (Lipinski definition) is 1. The van der Waals surface area contributed by atoms with Crippen molar-refractivity contribution in [3.8, 4) is 11.5 Å². The van der Waals surface area contributed by atoms with E-state index < -0.39 is 11.9 Å². The minimum absolute atomic E-state index is 0.210. The highest BCUT2D eigenvalue weighted by Crippen LogP contribution is 2.33. The van der Waals surface area contributed by atoms with Crippen LogP contribution < -0.4 is 5.32 Å². The Balaban J connectivity index is 1.77. The van der Waals surface area contributed by atoms with Crippen LogP contribution in [0.4, 0.5) is 14.5 Å². The summed E-state index contributed by atoms with van der Waals surface area (Å²) in [7, 11) is 0. The van der Waals surface area contributed by atoms with Crippen LogP contribution in [-0.2, 0) is 0 Å². The molecule has 1 atom stereocenters. The summed E-state index contributed by atoms with van der Waals surface area (Å²) in [6.45, 7) is 1.78. The Morgan fingerprint density at radius 3 is 2.38 bits per heavy atom. The van der Waals surface area contributed by atoms with Crippen molar-refractivity contribution in [2.45, 2.75) is 13.0 Å². The number of anilines is 1. The first kappa shape index (κ1) is 19.1. The predicted molar refractivity (Wildman–Crippen MR) is 108 cm³/mol. The molecule has 4 aromatic rings. The first-order valence-electron chi connectivity index (χ1n) is 8.88. The third kappa shape index (κ3) is 4.12. The molecule has 4 nitrogen and oxygen atoms in total. The van der Waals surface area contributed by atoms with Gasteiger partial charge in [0.15, 0.2) is 0 Å². The maximum Gasteiger partial charge on any atom is 0.247 e. The van der Waals surface area contributed by atoms with Crippen molar-refractivity contribution >= 4 is 17.3 Å². The molecule has 0 aliphatic carbocycles. The summed E-state index contributed by atoms with van der Waals surface area (Å²) in [6, 6.07) is 17.1. The zero-order valence-electron chi connectivity index (χ0n) is 15.4. The normalized spacial score (nSPS) is 12.0. The standard InChI is InChI=1S/C22H16ClF2N3O/c1-13-11-15(24)8-10-19(13)26-20(17-9-7-16(25)12-18(17)23)22-28-27-21(29-22)14-5-3-2-4-6-14/h2-12,20,26H,1H3/t20-/m1/s1. The largest absolute Gasteiger partial charge is 0.418 e. The van der Waals surface area contributed by atoms with E-state index in [9.17, 15) is 8.78 Å². The molecule has 1 N–H and O–H groups in total. The van der Waals surface area contributed by atoms with Crippen LogP contribution >= 0.6 is 11.6 Å². The van der Waals surface area contributed by atoms with E-state index in [1.54, 1.807) is 19.1 Å². The lowest BCUT2D eigenvalue weighted by Crippen LogP contribution is -2.14. The van der Waals surface area contributed by atoms with Crippen LogP contribution in [0.25, 0.3) is 11.5 Å². The van der Waals surface area contributed by atoms with Crippen LogP contribution in [0.15, 0.2) is 71.1 Å². The van der Waals surface area contributed by atoms with E-state index in [0.29, 0.717) is 22.7 Å². The molecule has 0 fully saturated rings. The van der Waals surface area contributed by atoms with E-state index in [1.807, 2.05) is 30.3 Å². The predicted octanol–water partition coefficient (Wildman–Crippen LogP) is 6.18. The molecule has 0 amide bonds. The lowest BCUT2D eigenvalue weighted by atomic mass is 10.1. The Morgan fingerprint density at radius 2 is 1.66 bits per heavy atom. The molecule has 0 unspecified atom stereocenters. The molecule has 29 heavy (non-hydrogen) atoms. The van der Waals surface area contributed by atoms with Crippen LogP contribution in [0, 0.1) is 18.6 Å². The Kier molecular flexibility index (Phi) is 5.27. The van der Waals surface area contributed by atoms with Crippen molar-refractivity contribution in [2.24, 2.45) is 0 Å². The van der Waals surface area contributed by atoms with E-state index in [-0.39, 0.29) is 16.7 Å². The zero-order chi connectivity index (χ0) is 20.4. The number of benzene rings is 3. The molecular formula is C22H16ClF2N3O. The second-order valence-electron chi connectivity index (χ2n) is 6.51. The minimum Gasteiger partial charge on any atom is -0.418 e. The van der Waals surface area contributed by atoms with Crippen molar-refractivity contribution in [1.29, 1.82) is 0 Å². The molecule has 0 radical (unpaired) electrons. The zero-order valence-corrected chi connectivity index (χ0v) is 16.1. The lowest BCUT2D eigenvalue weighted by Gasteiger charge is -2.19. The second-order valence-corrected chi connectivity index (χ2v) is 6.92. The van der Waals surface area contributed by atoms with Crippen molar-refractivity contribution < 1.29 is 13.2 Å². The fourth-order valence-electron chi connectivity index (χ4n) is 3.00.